The van der Waals surface area contributed by atoms with Crippen LogP contribution in [-0.2, 0) is 24.9 Å². The first-order valence-corrected chi connectivity index (χ1v) is 9.78. The minimum Gasteiger partial charge on any atom is -0.461 e. The zero-order chi connectivity index (χ0) is 22.0. The van der Waals surface area contributed by atoms with Crippen molar-refractivity contribution < 1.29 is 18.3 Å². The Hall–Kier alpha value is -3.59. The third-order valence-corrected chi connectivity index (χ3v) is 4.91. The number of aromatic amines is 1. The van der Waals surface area contributed by atoms with Gasteiger partial charge in [-0.1, -0.05) is 12.1 Å². The summed E-state index contributed by atoms with van der Waals surface area (Å²) in [5.41, 5.74) is 2.44. The molecule has 0 spiro atoms. The molecule has 2 aromatic heterocycles. The Balaban J connectivity index is 1.52. The smallest absolute Gasteiger partial charge is 0.356 e. The van der Waals surface area contributed by atoms with E-state index in [2.05, 4.69) is 20.4 Å². The first kappa shape index (κ1) is 20.7. The summed E-state index contributed by atoms with van der Waals surface area (Å²) in [5.74, 6) is -1.84. The Kier molecular flexibility index (Phi) is 5.77. The molecule has 0 aliphatic heterocycles. The highest BCUT2D eigenvalue weighted by molar-refractivity contribution is 5.94. The highest BCUT2D eigenvalue weighted by atomic mass is 19.1. The zero-order valence-corrected chi connectivity index (χ0v) is 17.1. The number of ether oxygens (including phenoxy) is 1. The van der Waals surface area contributed by atoms with Gasteiger partial charge in [0.05, 0.1) is 24.1 Å². The van der Waals surface area contributed by atoms with Crippen LogP contribution in [0.1, 0.15) is 28.7 Å². The van der Waals surface area contributed by atoms with E-state index >= 15 is 0 Å². The van der Waals surface area contributed by atoms with Crippen molar-refractivity contribution in [3.63, 3.8) is 0 Å². The number of fused-ring (bicyclic) bond motifs is 1. The normalized spacial score (nSPS) is 11.2. The number of halogens is 2. The van der Waals surface area contributed by atoms with E-state index in [-0.39, 0.29) is 31.0 Å². The van der Waals surface area contributed by atoms with Crippen molar-refractivity contribution in [2.45, 2.75) is 20.0 Å². The molecule has 0 amide bonds. The molecule has 2 N–H and O–H groups in total. The fourth-order valence-corrected chi connectivity index (χ4v) is 3.48. The molecule has 7 nitrogen and oxygen atoms in total. The van der Waals surface area contributed by atoms with Crippen LogP contribution in [0.2, 0.25) is 0 Å². The minimum atomic E-state index is -0.656. The topological polar surface area (TPSA) is 84.8 Å². The maximum absolute atomic E-state index is 14.8. The largest absolute Gasteiger partial charge is 0.461 e. The van der Waals surface area contributed by atoms with Crippen LogP contribution in [-0.4, -0.2) is 32.3 Å². The monoisotopic (exact) mass is 425 g/mol. The number of nitrogens with zero attached hydrogens (tertiary/aromatic N) is 3. The average molecular weight is 425 g/mol. The van der Waals surface area contributed by atoms with Crippen molar-refractivity contribution in [3.05, 3.63) is 71.4 Å². The van der Waals surface area contributed by atoms with Crippen LogP contribution in [0.15, 0.2) is 42.9 Å². The van der Waals surface area contributed by atoms with Crippen LogP contribution < -0.4 is 5.32 Å². The fourth-order valence-electron chi connectivity index (χ4n) is 3.48. The molecule has 0 saturated carbocycles. The third-order valence-electron chi connectivity index (χ3n) is 4.91. The van der Waals surface area contributed by atoms with Gasteiger partial charge in [0.25, 0.3) is 0 Å². The molecule has 2 aromatic carbocycles. The molecule has 0 bridgehead atoms. The van der Waals surface area contributed by atoms with Crippen LogP contribution in [0, 0.1) is 11.6 Å². The number of rotatable bonds is 7. The van der Waals surface area contributed by atoms with E-state index in [4.69, 9.17) is 4.74 Å². The molecule has 0 saturated heterocycles. The summed E-state index contributed by atoms with van der Waals surface area (Å²) in [5, 5.41) is 8.09. The number of aromatic nitrogens is 4. The van der Waals surface area contributed by atoms with E-state index in [1.54, 1.807) is 24.7 Å². The fraction of sp³-hybridized carbons (Fsp3) is 0.227. The molecule has 4 rings (SSSR count). The summed E-state index contributed by atoms with van der Waals surface area (Å²) >= 11 is 0. The third kappa shape index (κ3) is 4.17. The van der Waals surface area contributed by atoms with Crippen LogP contribution in [0.3, 0.4) is 0 Å². The maximum atomic E-state index is 14.8. The van der Waals surface area contributed by atoms with E-state index in [0.717, 1.165) is 10.9 Å². The predicted octanol–water partition coefficient (Wildman–Crippen LogP) is 3.71. The van der Waals surface area contributed by atoms with Gasteiger partial charge >= 0.3 is 5.97 Å². The van der Waals surface area contributed by atoms with Crippen molar-refractivity contribution in [3.8, 4) is 11.1 Å². The molecule has 0 fully saturated rings. The second kappa shape index (κ2) is 8.65. The van der Waals surface area contributed by atoms with Crippen molar-refractivity contribution in [1.29, 1.82) is 0 Å². The predicted molar refractivity (Wildman–Crippen MR) is 111 cm³/mol. The molecule has 160 valence electrons. The lowest BCUT2D eigenvalue weighted by atomic mass is 10.00. The number of benzene rings is 2. The van der Waals surface area contributed by atoms with Gasteiger partial charge in [0.2, 0.25) is 0 Å². The van der Waals surface area contributed by atoms with Crippen molar-refractivity contribution in [2.75, 3.05) is 6.61 Å². The first-order valence-electron chi connectivity index (χ1n) is 9.78. The Morgan fingerprint density at radius 2 is 2.00 bits per heavy atom. The van der Waals surface area contributed by atoms with Crippen LogP contribution in [0.4, 0.5) is 8.78 Å². The summed E-state index contributed by atoms with van der Waals surface area (Å²) < 4.78 is 36.2. The van der Waals surface area contributed by atoms with E-state index in [1.807, 2.05) is 18.3 Å². The van der Waals surface area contributed by atoms with Gasteiger partial charge in [-0.05, 0) is 36.2 Å². The number of imidazole rings is 1. The lowest BCUT2D eigenvalue weighted by Gasteiger charge is -2.10. The van der Waals surface area contributed by atoms with E-state index < -0.39 is 17.6 Å². The summed E-state index contributed by atoms with van der Waals surface area (Å²) in [6.07, 6.45) is 3.19. The van der Waals surface area contributed by atoms with E-state index in [0.29, 0.717) is 16.8 Å². The average Bonchev–Trinajstić information content (AvgIpc) is 3.35. The molecule has 4 aromatic rings. The van der Waals surface area contributed by atoms with Gasteiger partial charge < -0.3 is 15.0 Å². The molecular formula is C22H21F2N5O2. The molecule has 0 radical (unpaired) electrons. The zero-order valence-electron chi connectivity index (χ0n) is 17.1. The molecule has 0 atom stereocenters. The van der Waals surface area contributed by atoms with Gasteiger partial charge in [-0.3, -0.25) is 4.68 Å². The molecule has 0 aliphatic rings. The first-order chi connectivity index (χ1) is 15.0. The summed E-state index contributed by atoms with van der Waals surface area (Å²) in [4.78, 5) is 18.7. The number of nitrogens with one attached hydrogen (secondary N) is 2. The van der Waals surface area contributed by atoms with Crippen molar-refractivity contribution in [2.24, 2.45) is 7.05 Å². The molecular weight excluding hydrogens is 404 g/mol. The second-order valence-electron chi connectivity index (χ2n) is 7.01. The van der Waals surface area contributed by atoms with Gasteiger partial charge in [-0.15, -0.1) is 0 Å². The van der Waals surface area contributed by atoms with E-state index in [9.17, 15) is 13.6 Å². The van der Waals surface area contributed by atoms with Crippen LogP contribution in [0.5, 0.6) is 0 Å². The Bertz CT molecular complexity index is 1220. The number of aryl methyl sites for hydroxylation is 1. The summed E-state index contributed by atoms with van der Waals surface area (Å²) in [7, 11) is 1.80. The summed E-state index contributed by atoms with van der Waals surface area (Å²) in [6, 6.07) is 8.11. The maximum Gasteiger partial charge on any atom is 0.356 e. The van der Waals surface area contributed by atoms with E-state index in [1.165, 1.54) is 18.5 Å². The lowest BCUT2D eigenvalue weighted by Crippen LogP contribution is -2.18. The number of carbonyl (C=O) groups is 1. The van der Waals surface area contributed by atoms with Crippen molar-refractivity contribution >= 4 is 16.9 Å². The Morgan fingerprint density at radius 3 is 2.74 bits per heavy atom. The molecule has 2 heterocycles. The number of esters is 1. The van der Waals surface area contributed by atoms with Crippen LogP contribution in [0.25, 0.3) is 22.0 Å². The minimum absolute atomic E-state index is 0.0653. The van der Waals surface area contributed by atoms with Gasteiger partial charge in [0.15, 0.2) is 0 Å². The number of hydrogen-bond acceptors (Lipinski definition) is 5. The summed E-state index contributed by atoms with van der Waals surface area (Å²) in [6.45, 7) is 2.02. The second-order valence-corrected chi connectivity index (χ2v) is 7.01. The van der Waals surface area contributed by atoms with Gasteiger partial charge in [-0.25, -0.2) is 18.6 Å². The number of hydrogen-bond donors (Lipinski definition) is 2. The Morgan fingerprint density at radius 1 is 1.23 bits per heavy atom. The SMILES string of the molecule is CCOC(=O)c1[nH]cnc1CNCc1c(F)cc(-c2cccc3nn(C)cc23)cc1F. The van der Waals surface area contributed by atoms with Crippen LogP contribution >= 0.6 is 0 Å². The molecule has 9 heteroatoms. The van der Waals surface area contributed by atoms with Crippen molar-refractivity contribution in [1.82, 2.24) is 25.1 Å². The molecule has 0 aliphatic carbocycles. The standard InChI is InChI=1S/C22H21F2N5O2/c1-3-31-22(30)21-20(26-12-27-21)10-25-9-15-17(23)7-13(8-18(15)24)14-5-4-6-19-16(14)11-29(2)28-19/h4-8,11-12,25H,3,9-10H2,1-2H3,(H,26,27). The lowest BCUT2D eigenvalue weighted by molar-refractivity contribution is 0.0518. The quantitative estimate of drug-likeness (QED) is 0.441. The number of H-pyrrole nitrogens is 1. The van der Waals surface area contributed by atoms with Gasteiger partial charge in [0.1, 0.15) is 17.3 Å². The highest BCUT2D eigenvalue weighted by Crippen LogP contribution is 2.30. The Labute approximate surface area is 177 Å². The van der Waals surface area contributed by atoms with Gasteiger partial charge in [0, 0.05) is 37.3 Å². The highest BCUT2D eigenvalue weighted by Gasteiger charge is 2.17. The molecule has 0 unspecified atom stereocenters. The van der Waals surface area contributed by atoms with Gasteiger partial charge in [-0.2, -0.15) is 5.10 Å². The molecule has 31 heavy (non-hydrogen) atoms. The number of carbonyl (C=O) groups excluding carboxylic acids is 1.